The molecule has 5 nitrogen and oxygen atoms in total. The number of nitrogens with one attached hydrogen (secondary N) is 1. The van der Waals surface area contributed by atoms with E-state index < -0.39 is 0 Å². The molecule has 2 aromatic carbocycles. The van der Waals surface area contributed by atoms with Crippen LogP contribution in [0.2, 0.25) is 0 Å². The lowest BCUT2D eigenvalue weighted by Crippen LogP contribution is -2.47. The summed E-state index contributed by atoms with van der Waals surface area (Å²) in [6.45, 7) is 4.08. The number of piperazine rings is 1. The number of nitrogens with two attached hydrogens (primary N) is 1. The van der Waals surface area contributed by atoms with E-state index >= 15 is 0 Å². The Kier molecular flexibility index (Phi) is 4.90. The summed E-state index contributed by atoms with van der Waals surface area (Å²) in [5.74, 6) is 0.0721. The quantitative estimate of drug-likeness (QED) is 0.846. The second-order valence-electron chi connectivity index (χ2n) is 5.68. The van der Waals surface area contributed by atoms with Gasteiger partial charge < -0.3 is 11.1 Å². The van der Waals surface area contributed by atoms with Crippen molar-refractivity contribution in [2.45, 2.75) is 0 Å². The van der Waals surface area contributed by atoms with Crippen LogP contribution in [0.4, 0.5) is 17.1 Å². The van der Waals surface area contributed by atoms with Crippen molar-refractivity contribution in [2.24, 2.45) is 0 Å². The van der Waals surface area contributed by atoms with E-state index in [9.17, 15) is 4.79 Å². The molecular formula is C18H22N4O. The minimum Gasteiger partial charge on any atom is -0.399 e. The zero-order chi connectivity index (χ0) is 16.1. The number of amides is 1. The second kappa shape index (κ2) is 7.26. The van der Waals surface area contributed by atoms with Crippen molar-refractivity contribution >= 4 is 23.0 Å². The highest BCUT2D eigenvalue weighted by atomic mass is 16.2. The molecule has 1 fully saturated rings. The van der Waals surface area contributed by atoms with Crippen LogP contribution in [0.1, 0.15) is 0 Å². The predicted octanol–water partition coefficient (Wildman–Crippen LogP) is 1.84. The lowest BCUT2D eigenvalue weighted by molar-refractivity contribution is -0.119. The first-order valence-electron chi connectivity index (χ1n) is 7.91. The maximum atomic E-state index is 12.9. The van der Waals surface area contributed by atoms with Gasteiger partial charge >= 0.3 is 0 Å². The molecular weight excluding hydrogens is 288 g/mol. The molecule has 0 atom stereocenters. The Labute approximate surface area is 136 Å². The molecule has 3 rings (SSSR count). The van der Waals surface area contributed by atoms with Crippen LogP contribution in [0.3, 0.4) is 0 Å². The fourth-order valence-corrected chi connectivity index (χ4v) is 2.77. The van der Waals surface area contributed by atoms with Crippen molar-refractivity contribution in [3.8, 4) is 0 Å². The van der Waals surface area contributed by atoms with Crippen LogP contribution in [0.15, 0.2) is 54.6 Å². The van der Waals surface area contributed by atoms with Crippen molar-refractivity contribution in [1.82, 2.24) is 10.2 Å². The topological polar surface area (TPSA) is 61.6 Å². The van der Waals surface area contributed by atoms with Gasteiger partial charge in [-0.25, -0.2) is 0 Å². The first-order chi connectivity index (χ1) is 11.2. The number of hydrogen-bond donors (Lipinski definition) is 2. The average Bonchev–Trinajstić information content (AvgIpc) is 2.59. The van der Waals surface area contributed by atoms with E-state index in [-0.39, 0.29) is 5.91 Å². The van der Waals surface area contributed by atoms with Crippen LogP contribution in [0, 0.1) is 0 Å². The summed E-state index contributed by atoms with van der Waals surface area (Å²) in [6, 6.07) is 17.2. The van der Waals surface area contributed by atoms with E-state index in [2.05, 4.69) is 10.2 Å². The Balaban J connectivity index is 1.85. The summed E-state index contributed by atoms with van der Waals surface area (Å²) in [4.78, 5) is 16.9. The monoisotopic (exact) mass is 310 g/mol. The molecule has 0 aliphatic carbocycles. The smallest absolute Gasteiger partial charge is 0.245 e. The molecule has 1 aliphatic rings. The normalized spacial score (nSPS) is 15.3. The summed E-state index contributed by atoms with van der Waals surface area (Å²) < 4.78 is 0. The van der Waals surface area contributed by atoms with Gasteiger partial charge in [-0.1, -0.05) is 18.2 Å². The van der Waals surface area contributed by atoms with Crippen LogP contribution in [-0.2, 0) is 4.79 Å². The molecule has 2 aromatic rings. The van der Waals surface area contributed by atoms with E-state index in [1.807, 2.05) is 54.6 Å². The van der Waals surface area contributed by atoms with Crippen LogP contribution in [0.25, 0.3) is 0 Å². The van der Waals surface area contributed by atoms with Gasteiger partial charge in [-0.15, -0.1) is 0 Å². The van der Waals surface area contributed by atoms with Crippen molar-refractivity contribution in [1.29, 1.82) is 0 Å². The second-order valence-corrected chi connectivity index (χ2v) is 5.68. The third-order valence-corrected chi connectivity index (χ3v) is 3.98. The van der Waals surface area contributed by atoms with E-state index in [1.54, 1.807) is 4.90 Å². The zero-order valence-electron chi connectivity index (χ0n) is 13.1. The summed E-state index contributed by atoms with van der Waals surface area (Å²) in [5.41, 5.74) is 8.17. The van der Waals surface area contributed by atoms with Gasteiger partial charge in [0.2, 0.25) is 5.91 Å². The number of carbonyl (C=O) groups excluding carboxylic acids is 1. The van der Waals surface area contributed by atoms with Crippen LogP contribution < -0.4 is 16.0 Å². The first-order valence-corrected chi connectivity index (χ1v) is 7.91. The number of para-hydroxylation sites is 1. The van der Waals surface area contributed by atoms with Gasteiger partial charge in [0.05, 0.1) is 6.54 Å². The number of hydrogen-bond acceptors (Lipinski definition) is 4. The molecule has 1 amide bonds. The highest BCUT2D eigenvalue weighted by Crippen LogP contribution is 2.26. The van der Waals surface area contributed by atoms with Crippen molar-refractivity contribution in [3.63, 3.8) is 0 Å². The Morgan fingerprint density at radius 3 is 2.26 bits per heavy atom. The Hall–Kier alpha value is -2.37. The molecule has 0 spiro atoms. The van der Waals surface area contributed by atoms with E-state index in [0.29, 0.717) is 12.2 Å². The lowest BCUT2D eigenvalue weighted by Gasteiger charge is -2.30. The number of carbonyl (C=O) groups is 1. The molecule has 23 heavy (non-hydrogen) atoms. The fraction of sp³-hybridized carbons (Fsp3) is 0.278. The molecule has 0 radical (unpaired) electrons. The number of nitrogens with zero attached hydrogens (tertiary/aromatic N) is 2. The third kappa shape index (κ3) is 3.88. The standard InChI is InChI=1S/C18H22N4O/c19-15-6-8-17(9-7-15)22(16-4-2-1-3-5-16)18(23)14-21-12-10-20-11-13-21/h1-9,20H,10-14,19H2. The van der Waals surface area contributed by atoms with Crippen molar-refractivity contribution in [3.05, 3.63) is 54.6 Å². The van der Waals surface area contributed by atoms with Gasteiger partial charge in [-0.3, -0.25) is 14.6 Å². The molecule has 5 heteroatoms. The van der Waals surface area contributed by atoms with E-state index in [1.165, 1.54) is 0 Å². The minimum atomic E-state index is 0.0721. The lowest BCUT2D eigenvalue weighted by atomic mass is 10.2. The summed E-state index contributed by atoms with van der Waals surface area (Å²) in [5, 5.41) is 3.31. The molecule has 1 heterocycles. The van der Waals surface area contributed by atoms with Gasteiger partial charge in [0.15, 0.2) is 0 Å². The minimum absolute atomic E-state index is 0.0721. The molecule has 0 aromatic heterocycles. The molecule has 1 saturated heterocycles. The molecule has 0 unspecified atom stereocenters. The third-order valence-electron chi connectivity index (χ3n) is 3.98. The van der Waals surface area contributed by atoms with Gasteiger partial charge in [-0.2, -0.15) is 0 Å². The number of anilines is 3. The van der Waals surface area contributed by atoms with Crippen LogP contribution in [-0.4, -0.2) is 43.5 Å². The van der Waals surface area contributed by atoms with Crippen LogP contribution in [0.5, 0.6) is 0 Å². The Bertz CT molecular complexity index is 636. The van der Waals surface area contributed by atoms with Gasteiger partial charge in [-0.05, 0) is 36.4 Å². The summed E-state index contributed by atoms with van der Waals surface area (Å²) in [6.07, 6.45) is 0. The molecule has 120 valence electrons. The van der Waals surface area contributed by atoms with Crippen LogP contribution >= 0.6 is 0 Å². The molecule has 0 saturated carbocycles. The van der Waals surface area contributed by atoms with Crippen molar-refractivity contribution in [2.75, 3.05) is 43.4 Å². The number of rotatable bonds is 4. The maximum absolute atomic E-state index is 12.9. The zero-order valence-corrected chi connectivity index (χ0v) is 13.1. The molecule has 3 N–H and O–H groups in total. The highest BCUT2D eigenvalue weighted by Gasteiger charge is 2.21. The number of benzene rings is 2. The molecule has 0 bridgehead atoms. The van der Waals surface area contributed by atoms with Gasteiger partial charge in [0, 0.05) is 43.2 Å². The Morgan fingerprint density at radius 2 is 1.61 bits per heavy atom. The highest BCUT2D eigenvalue weighted by molar-refractivity contribution is 6.01. The molecule has 1 aliphatic heterocycles. The maximum Gasteiger partial charge on any atom is 0.245 e. The predicted molar refractivity (Wildman–Crippen MR) is 93.8 cm³/mol. The van der Waals surface area contributed by atoms with E-state index in [0.717, 1.165) is 37.6 Å². The Morgan fingerprint density at radius 1 is 1.00 bits per heavy atom. The summed E-state index contributed by atoms with van der Waals surface area (Å²) >= 11 is 0. The SMILES string of the molecule is Nc1ccc(N(C(=O)CN2CCNCC2)c2ccccc2)cc1. The summed E-state index contributed by atoms with van der Waals surface area (Å²) in [7, 11) is 0. The van der Waals surface area contributed by atoms with Gasteiger partial charge in [0.1, 0.15) is 0 Å². The first kappa shape index (κ1) is 15.5. The van der Waals surface area contributed by atoms with E-state index in [4.69, 9.17) is 5.73 Å². The van der Waals surface area contributed by atoms with Crippen molar-refractivity contribution < 1.29 is 4.79 Å². The average molecular weight is 310 g/mol. The van der Waals surface area contributed by atoms with Gasteiger partial charge in [0.25, 0.3) is 0 Å². The fourth-order valence-electron chi connectivity index (χ4n) is 2.77. The number of nitrogen functional groups attached to an aromatic ring is 1. The largest absolute Gasteiger partial charge is 0.399 e.